The lowest BCUT2D eigenvalue weighted by molar-refractivity contribution is 0.403. The smallest absolute Gasteiger partial charge is 0.260 e. The first-order chi connectivity index (χ1) is 11.3. The van der Waals surface area contributed by atoms with Crippen LogP contribution in [-0.2, 0) is 10.0 Å². The topological polar surface area (TPSA) is 138 Å². The predicted molar refractivity (Wildman–Crippen MR) is 91.2 cm³/mol. The van der Waals surface area contributed by atoms with Gasteiger partial charge in [0.05, 0.1) is 13.7 Å². The number of benzene rings is 1. The molecule has 0 aliphatic carbocycles. The first kappa shape index (κ1) is 18.0. The van der Waals surface area contributed by atoms with Crippen LogP contribution in [0.4, 0.5) is 11.5 Å². The van der Waals surface area contributed by atoms with E-state index in [-0.39, 0.29) is 28.0 Å². The molecule has 0 unspecified atom stereocenters. The number of anilines is 1. The number of nitrogens with one attached hydrogen (secondary N) is 1. The Labute approximate surface area is 143 Å². The van der Waals surface area contributed by atoms with E-state index < -0.39 is 10.0 Å². The van der Waals surface area contributed by atoms with Gasteiger partial charge in [0.2, 0.25) is 10.0 Å². The van der Waals surface area contributed by atoms with Crippen molar-refractivity contribution < 1.29 is 13.2 Å². The molecule has 0 bridgehead atoms. The lowest BCUT2D eigenvalue weighted by Gasteiger charge is -2.11. The van der Waals surface area contributed by atoms with E-state index in [1.165, 1.54) is 31.0 Å². The number of rotatable bonds is 5. The second-order valence-corrected chi connectivity index (χ2v) is 6.75. The summed E-state index contributed by atoms with van der Waals surface area (Å²) in [6.07, 6.45) is 1.75. The van der Waals surface area contributed by atoms with Crippen molar-refractivity contribution in [1.82, 2.24) is 9.97 Å². The summed E-state index contributed by atoms with van der Waals surface area (Å²) in [5.74, 6) is 5.87. The van der Waals surface area contributed by atoms with Crippen LogP contribution in [0.5, 0.6) is 5.75 Å². The Bertz CT molecular complexity index is 899. The third-order valence-electron chi connectivity index (χ3n) is 3.02. The third-order valence-corrected chi connectivity index (χ3v) is 4.63. The minimum absolute atomic E-state index is 0.112. The number of sulfonamides is 1. The van der Waals surface area contributed by atoms with E-state index in [4.69, 9.17) is 22.3 Å². The van der Waals surface area contributed by atoms with Crippen molar-refractivity contribution in [3.63, 3.8) is 0 Å². The van der Waals surface area contributed by atoms with Crippen LogP contribution in [0.2, 0.25) is 0 Å². The number of nitrogens with two attached hydrogens (primary N) is 2. The number of methoxy groups -OCH3 is 1. The highest BCUT2D eigenvalue weighted by Gasteiger charge is 2.19. The summed E-state index contributed by atoms with van der Waals surface area (Å²) >= 11 is 1.25. The number of nitrogens with zero attached hydrogens (tertiary/aromatic N) is 3. The fraction of sp³-hybridized carbons (Fsp3) is 0.154. The van der Waals surface area contributed by atoms with Crippen molar-refractivity contribution in [3.05, 3.63) is 29.6 Å². The standard InChI is InChI=1S/C13H14N6O3S2/c1-16-10-12(19-14)17-11(18-13(10)23-3)7-4-5-8(22-2)9(6-7)24(15,20)21/h4-6H,14H2,2-3H3,(H2,15,20,21)(H,17,18,19). The van der Waals surface area contributed by atoms with E-state index in [9.17, 15) is 8.42 Å². The highest BCUT2D eigenvalue weighted by Crippen LogP contribution is 2.35. The monoisotopic (exact) mass is 366 g/mol. The van der Waals surface area contributed by atoms with E-state index in [0.717, 1.165) is 0 Å². The highest BCUT2D eigenvalue weighted by molar-refractivity contribution is 7.98. The fourth-order valence-corrected chi connectivity index (χ4v) is 3.18. The van der Waals surface area contributed by atoms with Gasteiger partial charge in [-0.05, 0) is 24.5 Å². The van der Waals surface area contributed by atoms with Gasteiger partial charge < -0.3 is 10.2 Å². The molecule has 0 amide bonds. The zero-order valence-electron chi connectivity index (χ0n) is 12.8. The van der Waals surface area contributed by atoms with E-state index in [1.807, 2.05) is 0 Å². The van der Waals surface area contributed by atoms with Crippen molar-refractivity contribution in [3.8, 4) is 17.1 Å². The molecule has 1 aromatic heterocycles. The van der Waals surface area contributed by atoms with Gasteiger partial charge in [0, 0.05) is 5.56 Å². The van der Waals surface area contributed by atoms with Gasteiger partial charge in [0.1, 0.15) is 15.7 Å². The highest BCUT2D eigenvalue weighted by atomic mass is 32.2. The van der Waals surface area contributed by atoms with E-state index in [2.05, 4.69) is 20.2 Å². The molecular weight excluding hydrogens is 352 g/mol. The van der Waals surface area contributed by atoms with Gasteiger partial charge in [0.15, 0.2) is 11.6 Å². The summed E-state index contributed by atoms with van der Waals surface area (Å²) in [6, 6.07) is 4.35. The summed E-state index contributed by atoms with van der Waals surface area (Å²) < 4.78 is 28.5. The van der Waals surface area contributed by atoms with Gasteiger partial charge in [-0.3, -0.25) is 5.84 Å². The quantitative estimate of drug-likeness (QED) is 0.237. The molecule has 2 aromatic rings. The van der Waals surface area contributed by atoms with E-state index in [0.29, 0.717) is 10.6 Å². The van der Waals surface area contributed by atoms with Gasteiger partial charge in [-0.2, -0.15) is 0 Å². The number of primary sulfonamides is 1. The van der Waals surface area contributed by atoms with Gasteiger partial charge in [-0.25, -0.2) is 28.4 Å². The molecule has 2 rings (SSSR count). The number of ether oxygens (including phenoxy) is 1. The molecule has 0 aliphatic heterocycles. The maximum Gasteiger partial charge on any atom is 0.260 e. The minimum Gasteiger partial charge on any atom is -0.495 e. The largest absolute Gasteiger partial charge is 0.495 e. The van der Waals surface area contributed by atoms with Crippen LogP contribution in [0.3, 0.4) is 0 Å². The molecule has 0 radical (unpaired) electrons. The van der Waals surface area contributed by atoms with Crippen molar-refractivity contribution in [1.29, 1.82) is 0 Å². The zero-order chi connectivity index (χ0) is 17.9. The molecule has 0 spiro atoms. The second kappa shape index (κ2) is 7.02. The van der Waals surface area contributed by atoms with Crippen LogP contribution in [0.1, 0.15) is 0 Å². The average molecular weight is 366 g/mol. The van der Waals surface area contributed by atoms with Gasteiger partial charge in [-0.1, -0.05) is 0 Å². The van der Waals surface area contributed by atoms with Crippen LogP contribution >= 0.6 is 11.8 Å². The van der Waals surface area contributed by atoms with Gasteiger partial charge in [0.25, 0.3) is 5.69 Å². The molecule has 1 heterocycles. The molecule has 0 fully saturated rings. The van der Waals surface area contributed by atoms with Crippen LogP contribution in [0.15, 0.2) is 28.1 Å². The molecule has 11 heteroatoms. The maximum absolute atomic E-state index is 11.7. The Morgan fingerprint density at radius 3 is 2.58 bits per heavy atom. The lowest BCUT2D eigenvalue weighted by Crippen LogP contribution is -2.14. The lowest BCUT2D eigenvalue weighted by atomic mass is 10.2. The number of thioether (sulfide) groups is 1. The SMILES string of the molecule is [C-]#[N+]c1c(NN)nc(-c2ccc(OC)c(S(N)(=O)=O)c2)nc1SC. The first-order valence-corrected chi connectivity index (χ1v) is 9.14. The Morgan fingerprint density at radius 2 is 2.08 bits per heavy atom. The second-order valence-electron chi connectivity index (χ2n) is 4.42. The predicted octanol–water partition coefficient (Wildman–Crippen LogP) is 1.36. The van der Waals surface area contributed by atoms with Gasteiger partial charge in [-0.15, -0.1) is 11.8 Å². The normalized spacial score (nSPS) is 11.0. The van der Waals surface area contributed by atoms with Crippen LogP contribution < -0.4 is 21.1 Å². The summed E-state index contributed by atoms with van der Waals surface area (Å²) in [6.45, 7) is 7.20. The van der Waals surface area contributed by atoms with Crippen molar-refractivity contribution in [2.45, 2.75) is 9.92 Å². The Balaban J connectivity index is 2.71. The molecule has 0 aliphatic rings. The Morgan fingerprint density at radius 1 is 1.38 bits per heavy atom. The van der Waals surface area contributed by atoms with Crippen LogP contribution in [0.25, 0.3) is 16.2 Å². The molecule has 0 saturated carbocycles. The molecule has 126 valence electrons. The first-order valence-electron chi connectivity index (χ1n) is 6.37. The summed E-state index contributed by atoms with van der Waals surface area (Å²) in [7, 11) is -2.65. The Hall–Kier alpha value is -2.39. The molecular formula is C13H14N6O3S2. The molecule has 0 atom stereocenters. The Kier molecular flexibility index (Phi) is 5.25. The van der Waals surface area contributed by atoms with Crippen LogP contribution in [-0.4, -0.2) is 31.8 Å². The average Bonchev–Trinajstić information content (AvgIpc) is 2.58. The van der Waals surface area contributed by atoms with Crippen molar-refractivity contribution in [2.75, 3.05) is 18.8 Å². The van der Waals surface area contributed by atoms with Crippen molar-refractivity contribution >= 4 is 33.3 Å². The summed E-state index contributed by atoms with van der Waals surface area (Å²) in [5, 5.41) is 5.63. The number of nitrogen functional groups attached to an aromatic ring is 1. The zero-order valence-corrected chi connectivity index (χ0v) is 14.4. The van der Waals surface area contributed by atoms with E-state index >= 15 is 0 Å². The molecule has 5 N–H and O–H groups in total. The number of aromatic nitrogens is 2. The van der Waals surface area contributed by atoms with E-state index in [1.54, 1.807) is 12.3 Å². The number of hydrogen-bond acceptors (Lipinski definition) is 8. The summed E-state index contributed by atoms with van der Waals surface area (Å²) in [5.41, 5.74) is 2.93. The third kappa shape index (κ3) is 3.41. The van der Waals surface area contributed by atoms with Crippen LogP contribution in [0, 0.1) is 6.57 Å². The maximum atomic E-state index is 11.7. The fourth-order valence-electron chi connectivity index (χ4n) is 1.95. The molecule has 9 nitrogen and oxygen atoms in total. The molecule has 0 saturated heterocycles. The molecule has 24 heavy (non-hydrogen) atoms. The van der Waals surface area contributed by atoms with Crippen molar-refractivity contribution in [2.24, 2.45) is 11.0 Å². The number of hydrogen-bond donors (Lipinski definition) is 3. The summed E-state index contributed by atoms with van der Waals surface area (Å²) in [4.78, 5) is 11.6. The van der Waals surface area contributed by atoms with Gasteiger partial charge >= 0.3 is 0 Å². The minimum atomic E-state index is -3.99. The number of hydrazine groups is 1. The molecule has 1 aromatic carbocycles.